The van der Waals surface area contributed by atoms with Crippen molar-refractivity contribution in [2.75, 3.05) is 20.0 Å². The number of pyridine rings is 1. The maximum atomic E-state index is 10.5. The van der Waals surface area contributed by atoms with Crippen LogP contribution in [0.2, 0.25) is 0 Å². The van der Waals surface area contributed by atoms with Gasteiger partial charge >= 0.3 is 5.82 Å². The van der Waals surface area contributed by atoms with Crippen molar-refractivity contribution in [1.82, 2.24) is 4.98 Å². The number of rotatable bonds is 3. The highest BCUT2D eigenvalue weighted by molar-refractivity contribution is 5.56. The van der Waals surface area contributed by atoms with Crippen LogP contribution in [0.4, 0.5) is 11.6 Å². The van der Waals surface area contributed by atoms with Gasteiger partial charge in [-0.2, -0.15) is 0 Å². The summed E-state index contributed by atoms with van der Waals surface area (Å²) in [7, 11) is 2.69. The zero-order chi connectivity index (χ0) is 10.7. The highest BCUT2D eigenvalue weighted by Crippen LogP contribution is 2.32. The van der Waals surface area contributed by atoms with Crippen LogP contribution in [0.15, 0.2) is 6.07 Å². The van der Waals surface area contributed by atoms with E-state index in [-0.39, 0.29) is 17.3 Å². The van der Waals surface area contributed by atoms with E-state index in [1.165, 1.54) is 20.3 Å². The van der Waals surface area contributed by atoms with Gasteiger partial charge < -0.3 is 25.3 Å². The molecule has 0 saturated carbocycles. The van der Waals surface area contributed by atoms with Crippen molar-refractivity contribution in [1.29, 1.82) is 0 Å². The van der Waals surface area contributed by atoms with Crippen molar-refractivity contribution in [2.45, 2.75) is 0 Å². The number of aromatic nitrogens is 1. The van der Waals surface area contributed by atoms with E-state index in [0.717, 1.165) is 0 Å². The average molecular weight is 199 g/mol. The molecule has 0 aromatic carbocycles. The number of methoxy groups -OCH3 is 2. The molecule has 0 saturated heterocycles. The monoisotopic (exact) mass is 199 g/mol. The highest BCUT2D eigenvalue weighted by Gasteiger charge is 2.21. The maximum Gasteiger partial charge on any atom is 0.408 e. The lowest BCUT2D eigenvalue weighted by atomic mass is 10.4. The standard InChI is InChI=1S/C7H9N3O4/c1-13-4-3-5(14-2)7(10(11)12)9-6(4)8/h3H,1-2H3,(H2,8,9). The highest BCUT2D eigenvalue weighted by atomic mass is 16.6. The number of nitrogen functional groups attached to an aromatic ring is 1. The Kier molecular flexibility index (Phi) is 2.70. The normalized spacial score (nSPS) is 9.57. The molecule has 0 aliphatic rings. The first-order chi connectivity index (χ1) is 6.60. The third kappa shape index (κ3) is 1.65. The van der Waals surface area contributed by atoms with Crippen molar-refractivity contribution < 1.29 is 14.4 Å². The lowest BCUT2D eigenvalue weighted by Crippen LogP contribution is -2.02. The van der Waals surface area contributed by atoms with Gasteiger partial charge in [0.05, 0.1) is 14.2 Å². The van der Waals surface area contributed by atoms with Crippen LogP contribution in [-0.4, -0.2) is 24.1 Å². The SMILES string of the molecule is COc1cc(OC)c([N+](=O)[O-])nc1N. The summed E-state index contributed by atoms with van der Waals surface area (Å²) in [6.07, 6.45) is 0. The van der Waals surface area contributed by atoms with E-state index in [0.29, 0.717) is 0 Å². The molecule has 76 valence electrons. The minimum absolute atomic E-state index is 0.0149. The Labute approximate surface area is 79.6 Å². The van der Waals surface area contributed by atoms with Crippen molar-refractivity contribution in [3.8, 4) is 11.5 Å². The molecule has 0 bridgehead atoms. The summed E-state index contributed by atoms with van der Waals surface area (Å²) in [6.45, 7) is 0. The predicted octanol–water partition coefficient (Wildman–Crippen LogP) is 0.589. The third-order valence-electron chi connectivity index (χ3n) is 1.57. The molecule has 7 nitrogen and oxygen atoms in total. The molecule has 1 heterocycles. The number of nitrogens with two attached hydrogens (primary N) is 1. The van der Waals surface area contributed by atoms with Gasteiger partial charge in [0.15, 0.2) is 5.75 Å². The summed E-state index contributed by atoms with van der Waals surface area (Å²) in [6, 6.07) is 1.32. The molecule has 0 spiro atoms. The fourth-order valence-electron chi connectivity index (χ4n) is 0.926. The molecule has 0 aliphatic heterocycles. The van der Waals surface area contributed by atoms with E-state index in [2.05, 4.69) is 4.98 Å². The summed E-state index contributed by atoms with van der Waals surface area (Å²) in [5, 5.41) is 10.5. The summed E-state index contributed by atoms with van der Waals surface area (Å²) in [4.78, 5) is 13.4. The van der Waals surface area contributed by atoms with E-state index >= 15 is 0 Å². The molecular weight excluding hydrogens is 190 g/mol. The van der Waals surface area contributed by atoms with Gasteiger partial charge in [-0.25, -0.2) is 0 Å². The molecule has 7 heteroatoms. The largest absolute Gasteiger partial charge is 0.491 e. The van der Waals surface area contributed by atoms with E-state index < -0.39 is 10.7 Å². The average Bonchev–Trinajstić information content (AvgIpc) is 2.17. The lowest BCUT2D eigenvalue weighted by Gasteiger charge is -2.04. The Morgan fingerprint density at radius 3 is 2.43 bits per heavy atom. The second-order valence-electron chi connectivity index (χ2n) is 2.36. The Balaban J connectivity index is 3.31. The quantitative estimate of drug-likeness (QED) is 0.564. The second kappa shape index (κ2) is 3.77. The van der Waals surface area contributed by atoms with Gasteiger partial charge in [0, 0.05) is 6.07 Å². The first kappa shape index (κ1) is 10.0. The lowest BCUT2D eigenvalue weighted by molar-refractivity contribution is -0.390. The molecule has 0 fully saturated rings. The molecule has 1 aromatic rings. The first-order valence-corrected chi connectivity index (χ1v) is 3.63. The van der Waals surface area contributed by atoms with Crippen LogP contribution < -0.4 is 15.2 Å². The maximum absolute atomic E-state index is 10.5. The number of anilines is 1. The second-order valence-corrected chi connectivity index (χ2v) is 2.36. The fourth-order valence-corrected chi connectivity index (χ4v) is 0.926. The zero-order valence-electron chi connectivity index (χ0n) is 7.68. The van der Waals surface area contributed by atoms with Gasteiger partial charge in [-0.1, -0.05) is 0 Å². The Bertz CT molecular complexity index is 366. The zero-order valence-corrected chi connectivity index (χ0v) is 7.68. The van der Waals surface area contributed by atoms with Gasteiger partial charge in [0.1, 0.15) is 0 Å². The molecule has 0 radical (unpaired) electrons. The smallest absolute Gasteiger partial charge is 0.408 e. The van der Waals surface area contributed by atoms with E-state index in [1.54, 1.807) is 0 Å². The van der Waals surface area contributed by atoms with E-state index in [4.69, 9.17) is 15.2 Å². The van der Waals surface area contributed by atoms with E-state index in [1.807, 2.05) is 0 Å². The van der Waals surface area contributed by atoms with Gasteiger partial charge in [-0.3, -0.25) is 0 Å². The van der Waals surface area contributed by atoms with Crippen molar-refractivity contribution in [2.24, 2.45) is 0 Å². The van der Waals surface area contributed by atoms with Crippen LogP contribution >= 0.6 is 0 Å². The van der Waals surface area contributed by atoms with Crippen LogP contribution in [0.25, 0.3) is 0 Å². The van der Waals surface area contributed by atoms with Crippen molar-refractivity contribution in [3.63, 3.8) is 0 Å². The summed E-state index contributed by atoms with van der Waals surface area (Å²) < 4.78 is 9.60. The molecule has 14 heavy (non-hydrogen) atoms. The van der Waals surface area contributed by atoms with Crippen molar-refractivity contribution in [3.05, 3.63) is 16.2 Å². The molecule has 0 aliphatic carbocycles. The number of ether oxygens (including phenoxy) is 2. The fraction of sp³-hybridized carbons (Fsp3) is 0.286. The summed E-state index contributed by atoms with van der Waals surface area (Å²) in [5.41, 5.74) is 5.40. The number of hydrogen-bond donors (Lipinski definition) is 1. The van der Waals surface area contributed by atoms with Crippen LogP contribution in [0.1, 0.15) is 0 Å². The Morgan fingerprint density at radius 1 is 1.43 bits per heavy atom. The van der Waals surface area contributed by atoms with Gasteiger partial charge in [-0.05, 0) is 9.91 Å². The van der Waals surface area contributed by atoms with E-state index in [9.17, 15) is 10.1 Å². The molecular formula is C7H9N3O4. The topological polar surface area (TPSA) is 101 Å². The minimum Gasteiger partial charge on any atom is -0.491 e. The number of hydrogen-bond acceptors (Lipinski definition) is 6. The van der Waals surface area contributed by atoms with Crippen molar-refractivity contribution >= 4 is 11.6 Å². The Hall–Kier alpha value is -2.05. The summed E-state index contributed by atoms with van der Waals surface area (Å²) in [5.74, 6) is -0.209. The van der Waals surface area contributed by atoms with Gasteiger partial charge in [-0.15, -0.1) is 0 Å². The van der Waals surface area contributed by atoms with Crippen LogP contribution in [0, 0.1) is 10.1 Å². The summed E-state index contributed by atoms with van der Waals surface area (Å²) >= 11 is 0. The van der Waals surface area contributed by atoms with Gasteiger partial charge in [0.2, 0.25) is 5.75 Å². The molecule has 1 aromatic heterocycles. The third-order valence-corrected chi connectivity index (χ3v) is 1.57. The molecule has 0 atom stereocenters. The molecule has 2 N–H and O–H groups in total. The predicted molar refractivity (Wildman–Crippen MR) is 48.4 cm³/mol. The molecule has 0 amide bonds. The van der Waals surface area contributed by atoms with Crippen LogP contribution in [0.5, 0.6) is 11.5 Å². The van der Waals surface area contributed by atoms with Gasteiger partial charge in [0.25, 0.3) is 5.82 Å². The molecule has 0 unspecified atom stereocenters. The molecule has 1 rings (SSSR count). The number of nitrogens with zero attached hydrogens (tertiary/aromatic N) is 2. The van der Waals surface area contributed by atoms with Crippen LogP contribution in [0.3, 0.4) is 0 Å². The minimum atomic E-state index is -0.672. The first-order valence-electron chi connectivity index (χ1n) is 3.63. The van der Waals surface area contributed by atoms with Crippen LogP contribution in [-0.2, 0) is 0 Å². The number of nitro groups is 1. The Morgan fingerprint density at radius 2 is 2.00 bits per heavy atom.